The first-order valence-electron chi connectivity index (χ1n) is 5.20. The molecule has 2 aromatic rings. The molecule has 3 nitrogen and oxygen atoms in total. The van der Waals surface area contributed by atoms with Crippen LogP contribution in [0.15, 0.2) is 36.7 Å². The molecule has 2 heterocycles. The summed E-state index contributed by atoms with van der Waals surface area (Å²) in [6.07, 6.45) is 3.63. The molecule has 0 unspecified atom stereocenters. The van der Waals surface area contributed by atoms with E-state index in [1.165, 1.54) is 0 Å². The van der Waals surface area contributed by atoms with Crippen molar-refractivity contribution in [1.82, 2.24) is 14.8 Å². The SMILES string of the molecule is CC(C)Cn1nccc1-c1ccccn1. The summed E-state index contributed by atoms with van der Waals surface area (Å²) < 4.78 is 2.01. The number of aromatic nitrogens is 3. The van der Waals surface area contributed by atoms with Gasteiger partial charge in [-0.05, 0) is 24.1 Å². The number of nitrogens with zero attached hydrogens (tertiary/aromatic N) is 3. The molecule has 0 saturated carbocycles. The highest BCUT2D eigenvalue weighted by atomic mass is 15.3. The van der Waals surface area contributed by atoms with Crippen LogP contribution in [0.1, 0.15) is 13.8 Å². The Hall–Kier alpha value is -1.64. The molecule has 0 aromatic carbocycles. The molecule has 0 amide bonds. The van der Waals surface area contributed by atoms with Gasteiger partial charge in [-0.2, -0.15) is 5.10 Å². The Kier molecular flexibility index (Phi) is 2.81. The molecule has 2 rings (SSSR count). The van der Waals surface area contributed by atoms with Crippen molar-refractivity contribution in [2.75, 3.05) is 0 Å². The monoisotopic (exact) mass is 201 g/mol. The van der Waals surface area contributed by atoms with Gasteiger partial charge in [0.1, 0.15) is 0 Å². The molecule has 0 aliphatic heterocycles. The third kappa shape index (κ3) is 2.24. The van der Waals surface area contributed by atoms with Gasteiger partial charge in [0.2, 0.25) is 0 Å². The van der Waals surface area contributed by atoms with Crippen LogP contribution < -0.4 is 0 Å². The van der Waals surface area contributed by atoms with Gasteiger partial charge in [-0.25, -0.2) is 0 Å². The summed E-state index contributed by atoms with van der Waals surface area (Å²) in [6, 6.07) is 7.93. The standard InChI is InChI=1S/C12H15N3/c1-10(2)9-15-12(6-8-14-15)11-5-3-4-7-13-11/h3-8,10H,9H2,1-2H3. The van der Waals surface area contributed by atoms with Crippen LogP contribution in [0, 0.1) is 5.92 Å². The summed E-state index contributed by atoms with van der Waals surface area (Å²) in [4.78, 5) is 4.33. The van der Waals surface area contributed by atoms with Crippen LogP contribution in [0.5, 0.6) is 0 Å². The second-order valence-corrected chi connectivity index (χ2v) is 4.01. The number of hydrogen-bond donors (Lipinski definition) is 0. The first-order valence-corrected chi connectivity index (χ1v) is 5.20. The molecule has 2 aromatic heterocycles. The highest BCUT2D eigenvalue weighted by Gasteiger charge is 2.06. The fourth-order valence-electron chi connectivity index (χ4n) is 1.56. The topological polar surface area (TPSA) is 30.7 Å². The third-order valence-corrected chi connectivity index (χ3v) is 2.18. The van der Waals surface area contributed by atoms with Crippen LogP contribution >= 0.6 is 0 Å². The van der Waals surface area contributed by atoms with E-state index in [4.69, 9.17) is 0 Å². The van der Waals surface area contributed by atoms with Gasteiger partial charge in [-0.15, -0.1) is 0 Å². The van der Waals surface area contributed by atoms with Gasteiger partial charge < -0.3 is 0 Å². The van der Waals surface area contributed by atoms with Crippen molar-refractivity contribution in [3.05, 3.63) is 36.7 Å². The molecule has 15 heavy (non-hydrogen) atoms. The maximum absolute atomic E-state index is 4.33. The highest BCUT2D eigenvalue weighted by Crippen LogP contribution is 2.16. The lowest BCUT2D eigenvalue weighted by Crippen LogP contribution is -2.07. The Bertz CT molecular complexity index is 417. The van der Waals surface area contributed by atoms with E-state index in [0.717, 1.165) is 17.9 Å². The largest absolute Gasteiger partial charge is 0.263 e. The van der Waals surface area contributed by atoms with Gasteiger partial charge in [0.15, 0.2) is 0 Å². The summed E-state index contributed by atoms with van der Waals surface area (Å²) >= 11 is 0. The fourth-order valence-corrected chi connectivity index (χ4v) is 1.56. The molecule has 0 bridgehead atoms. The van der Waals surface area contributed by atoms with Gasteiger partial charge in [-0.1, -0.05) is 19.9 Å². The second kappa shape index (κ2) is 4.26. The van der Waals surface area contributed by atoms with Crippen molar-refractivity contribution in [3.63, 3.8) is 0 Å². The molecule has 0 fully saturated rings. The van der Waals surface area contributed by atoms with Crippen LogP contribution in [-0.2, 0) is 6.54 Å². The lowest BCUT2D eigenvalue weighted by Gasteiger charge is -2.08. The predicted molar refractivity (Wildman–Crippen MR) is 60.3 cm³/mol. The summed E-state index contributed by atoms with van der Waals surface area (Å²) in [5.41, 5.74) is 2.07. The van der Waals surface area contributed by atoms with Gasteiger partial charge in [0.05, 0.1) is 11.4 Å². The van der Waals surface area contributed by atoms with Crippen molar-refractivity contribution in [2.45, 2.75) is 20.4 Å². The van der Waals surface area contributed by atoms with E-state index in [0.29, 0.717) is 5.92 Å². The zero-order valence-electron chi connectivity index (χ0n) is 9.09. The molecule has 0 aliphatic carbocycles. The van der Waals surface area contributed by atoms with Crippen LogP contribution in [0.4, 0.5) is 0 Å². The Morgan fingerprint density at radius 2 is 2.07 bits per heavy atom. The highest BCUT2D eigenvalue weighted by molar-refractivity contribution is 5.53. The van der Waals surface area contributed by atoms with Crippen molar-refractivity contribution < 1.29 is 0 Å². The summed E-state index contributed by atoms with van der Waals surface area (Å²) in [5.74, 6) is 0.590. The Balaban J connectivity index is 2.33. The van der Waals surface area contributed by atoms with E-state index in [2.05, 4.69) is 23.9 Å². The van der Waals surface area contributed by atoms with Gasteiger partial charge in [0.25, 0.3) is 0 Å². The Labute approximate surface area is 89.8 Å². The lowest BCUT2D eigenvalue weighted by atomic mass is 10.2. The maximum Gasteiger partial charge on any atom is 0.0882 e. The first kappa shape index (κ1) is 9.90. The quantitative estimate of drug-likeness (QED) is 0.764. The van der Waals surface area contributed by atoms with Gasteiger partial charge in [-0.3, -0.25) is 9.67 Å². The molecular weight excluding hydrogens is 186 g/mol. The Morgan fingerprint density at radius 3 is 2.73 bits per heavy atom. The molecule has 0 spiro atoms. The Morgan fingerprint density at radius 1 is 1.20 bits per heavy atom. The van der Waals surface area contributed by atoms with E-state index in [9.17, 15) is 0 Å². The minimum Gasteiger partial charge on any atom is -0.263 e. The normalized spacial score (nSPS) is 10.9. The van der Waals surface area contributed by atoms with E-state index in [-0.39, 0.29) is 0 Å². The minimum atomic E-state index is 0.590. The summed E-state index contributed by atoms with van der Waals surface area (Å²) in [5, 5.41) is 4.31. The van der Waals surface area contributed by atoms with Crippen molar-refractivity contribution in [2.24, 2.45) is 5.92 Å². The van der Waals surface area contributed by atoms with Crippen molar-refractivity contribution >= 4 is 0 Å². The minimum absolute atomic E-state index is 0.590. The molecule has 0 N–H and O–H groups in total. The lowest BCUT2D eigenvalue weighted by molar-refractivity contribution is 0.487. The van der Waals surface area contributed by atoms with E-state index in [1.807, 2.05) is 41.3 Å². The summed E-state index contributed by atoms with van der Waals surface area (Å²) in [7, 11) is 0. The molecule has 0 radical (unpaired) electrons. The third-order valence-electron chi connectivity index (χ3n) is 2.18. The molecule has 0 atom stereocenters. The molecule has 3 heteroatoms. The van der Waals surface area contributed by atoms with Crippen molar-refractivity contribution in [3.8, 4) is 11.4 Å². The summed E-state index contributed by atoms with van der Waals surface area (Å²) in [6.45, 7) is 5.30. The number of hydrogen-bond acceptors (Lipinski definition) is 2. The van der Waals surface area contributed by atoms with Crippen molar-refractivity contribution in [1.29, 1.82) is 0 Å². The molecule has 0 saturated heterocycles. The number of rotatable bonds is 3. The molecule has 0 aliphatic rings. The first-order chi connectivity index (χ1) is 7.27. The van der Waals surface area contributed by atoms with E-state index in [1.54, 1.807) is 0 Å². The fraction of sp³-hybridized carbons (Fsp3) is 0.333. The zero-order valence-corrected chi connectivity index (χ0v) is 9.09. The average molecular weight is 201 g/mol. The average Bonchev–Trinajstić information content (AvgIpc) is 2.66. The second-order valence-electron chi connectivity index (χ2n) is 4.01. The van der Waals surface area contributed by atoms with Crippen LogP contribution in [0.3, 0.4) is 0 Å². The zero-order chi connectivity index (χ0) is 10.7. The van der Waals surface area contributed by atoms with Crippen LogP contribution in [0.25, 0.3) is 11.4 Å². The van der Waals surface area contributed by atoms with Crippen LogP contribution in [0.2, 0.25) is 0 Å². The van der Waals surface area contributed by atoms with Gasteiger partial charge >= 0.3 is 0 Å². The maximum atomic E-state index is 4.33. The van der Waals surface area contributed by atoms with Gasteiger partial charge in [0, 0.05) is 18.9 Å². The smallest absolute Gasteiger partial charge is 0.0882 e. The molecule has 78 valence electrons. The predicted octanol–water partition coefficient (Wildman–Crippen LogP) is 2.60. The van der Waals surface area contributed by atoms with E-state index < -0.39 is 0 Å². The van der Waals surface area contributed by atoms with Crippen LogP contribution in [-0.4, -0.2) is 14.8 Å². The molecular formula is C12H15N3. The number of pyridine rings is 1. The van der Waals surface area contributed by atoms with E-state index >= 15 is 0 Å².